The minimum atomic E-state index is -0.0615. The van der Waals surface area contributed by atoms with Gasteiger partial charge in [-0.25, -0.2) is 0 Å². The van der Waals surface area contributed by atoms with Crippen molar-refractivity contribution >= 4 is 11.6 Å². The first-order chi connectivity index (χ1) is 11.7. The van der Waals surface area contributed by atoms with E-state index in [-0.39, 0.29) is 12.0 Å². The van der Waals surface area contributed by atoms with Gasteiger partial charge in [0.05, 0.1) is 38.1 Å². The van der Waals surface area contributed by atoms with Crippen LogP contribution in [-0.2, 0) is 22.5 Å². The van der Waals surface area contributed by atoms with Gasteiger partial charge in [-0.2, -0.15) is 5.10 Å². The standard InChI is InChI=1S/C18H23N3O3/c1-23-16-7-5-14(6-8-16)10-18(22)20-15-11-19-21(12-15)13-17-4-2-3-9-24-17/h5-8,11-12,17H,2-4,9-10,13H2,1H3,(H,20,22). The van der Waals surface area contributed by atoms with Gasteiger partial charge in [-0.1, -0.05) is 12.1 Å². The van der Waals surface area contributed by atoms with Gasteiger partial charge in [-0.3, -0.25) is 9.48 Å². The van der Waals surface area contributed by atoms with E-state index < -0.39 is 0 Å². The van der Waals surface area contributed by atoms with Gasteiger partial charge in [-0.05, 0) is 37.0 Å². The molecular weight excluding hydrogens is 306 g/mol. The van der Waals surface area contributed by atoms with Crippen LogP contribution < -0.4 is 10.1 Å². The number of amides is 1. The third kappa shape index (κ3) is 4.58. The number of carbonyl (C=O) groups is 1. The van der Waals surface area contributed by atoms with Crippen LogP contribution in [0.15, 0.2) is 36.7 Å². The first-order valence-corrected chi connectivity index (χ1v) is 8.30. The molecule has 24 heavy (non-hydrogen) atoms. The van der Waals surface area contributed by atoms with E-state index in [0.717, 1.165) is 37.3 Å². The Morgan fingerprint density at radius 2 is 2.21 bits per heavy atom. The van der Waals surface area contributed by atoms with Gasteiger partial charge < -0.3 is 14.8 Å². The summed E-state index contributed by atoms with van der Waals surface area (Å²) in [6.07, 6.45) is 7.49. The Morgan fingerprint density at radius 1 is 1.38 bits per heavy atom. The van der Waals surface area contributed by atoms with Gasteiger partial charge in [0, 0.05) is 12.8 Å². The van der Waals surface area contributed by atoms with Crippen LogP contribution >= 0.6 is 0 Å². The summed E-state index contributed by atoms with van der Waals surface area (Å²) in [5.41, 5.74) is 1.65. The van der Waals surface area contributed by atoms with Crippen LogP contribution in [0.1, 0.15) is 24.8 Å². The molecule has 1 aromatic carbocycles. The second kappa shape index (κ2) is 7.97. The summed E-state index contributed by atoms with van der Waals surface area (Å²) < 4.78 is 12.7. The van der Waals surface area contributed by atoms with Crippen LogP contribution in [0.5, 0.6) is 5.75 Å². The van der Waals surface area contributed by atoms with E-state index in [1.165, 1.54) is 6.42 Å². The lowest BCUT2D eigenvalue weighted by Crippen LogP contribution is -2.24. The number of nitrogens with one attached hydrogen (secondary N) is 1. The second-order valence-corrected chi connectivity index (χ2v) is 6.01. The molecule has 1 N–H and O–H groups in total. The lowest BCUT2D eigenvalue weighted by Gasteiger charge is -2.22. The molecular formula is C18H23N3O3. The predicted octanol–water partition coefficient (Wildman–Crippen LogP) is 2.64. The summed E-state index contributed by atoms with van der Waals surface area (Å²) in [6, 6.07) is 7.49. The third-order valence-corrected chi connectivity index (χ3v) is 4.11. The summed E-state index contributed by atoms with van der Waals surface area (Å²) in [6.45, 7) is 1.56. The van der Waals surface area contributed by atoms with Crippen LogP contribution in [0.2, 0.25) is 0 Å². The molecule has 2 heterocycles. The Balaban J connectivity index is 1.50. The number of benzene rings is 1. The normalized spacial score (nSPS) is 17.5. The first kappa shape index (κ1) is 16.5. The smallest absolute Gasteiger partial charge is 0.228 e. The van der Waals surface area contributed by atoms with Crippen molar-refractivity contribution < 1.29 is 14.3 Å². The number of anilines is 1. The SMILES string of the molecule is COc1ccc(CC(=O)Nc2cnn(CC3CCCCO3)c2)cc1. The highest BCUT2D eigenvalue weighted by Gasteiger charge is 2.15. The number of nitrogens with zero attached hydrogens (tertiary/aromatic N) is 2. The van der Waals surface area contributed by atoms with Crippen molar-refractivity contribution in [2.45, 2.75) is 38.3 Å². The molecule has 1 saturated heterocycles. The van der Waals surface area contributed by atoms with Crippen molar-refractivity contribution in [2.75, 3.05) is 19.0 Å². The summed E-state index contributed by atoms with van der Waals surface area (Å²) in [5.74, 6) is 0.721. The fourth-order valence-electron chi connectivity index (χ4n) is 2.82. The number of aromatic nitrogens is 2. The molecule has 0 bridgehead atoms. The molecule has 0 aliphatic carbocycles. The molecule has 6 heteroatoms. The quantitative estimate of drug-likeness (QED) is 0.885. The average Bonchev–Trinajstić information content (AvgIpc) is 3.03. The molecule has 1 atom stereocenters. The Labute approximate surface area is 141 Å². The van der Waals surface area contributed by atoms with Gasteiger partial charge in [0.15, 0.2) is 0 Å². The maximum atomic E-state index is 12.1. The highest BCUT2D eigenvalue weighted by Crippen LogP contribution is 2.16. The van der Waals surface area contributed by atoms with E-state index in [4.69, 9.17) is 9.47 Å². The number of hydrogen-bond acceptors (Lipinski definition) is 4. The highest BCUT2D eigenvalue weighted by atomic mass is 16.5. The number of hydrogen-bond donors (Lipinski definition) is 1. The molecule has 1 amide bonds. The van der Waals surface area contributed by atoms with E-state index in [9.17, 15) is 4.79 Å². The summed E-state index contributed by atoms with van der Waals surface area (Å²) in [4.78, 5) is 12.1. The number of carbonyl (C=O) groups excluding carboxylic acids is 1. The van der Waals surface area contributed by atoms with Crippen LogP contribution in [0, 0.1) is 0 Å². The van der Waals surface area contributed by atoms with Crippen molar-refractivity contribution in [2.24, 2.45) is 0 Å². The van der Waals surface area contributed by atoms with Crippen LogP contribution in [0.25, 0.3) is 0 Å². The Kier molecular flexibility index (Phi) is 5.48. The molecule has 2 aromatic rings. The molecule has 0 radical (unpaired) electrons. The average molecular weight is 329 g/mol. The maximum absolute atomic E-state index is 12.1. The molecule has 1 fully saturated rings. The fourth-order valence-corrected chi connectivity index (χ4v) is 2.82. The van der Waals surface area contributed by atoms with Gasteiger partial charge in [0.1, 0.15) is 5.75 Å². The fraction of sp³-hybridized carbons (Fsp3) is 0.444. The maximum Gasteiger partial charge on any atom is 0.228 e. The van der Waals surface area contributed by atoms with Crippen molar-refractivity contribution in [3.05, 3.63) is 42.2 Å². The van der Waals surface area contributed by atoms with Crippen molar-refractivity contribution in [3.8, 4) is 5.75 Å². The van der Waals surface area contributed by atoms with Crippen LogP contribution in [-0.4, -0.2) is 35.5 Å². The molecule has 128 valence electrons. The van der Waals surface area contributed by atoms with Crippen LogP contribution in [0.3, 0.4) is 0 Å². The summed E-state index contributed by atoms with van der Waals surface area (Å²) in [7, 11) is 1.62. The van der Waals surface area contributed by atoms with Gasteiger partial charge in [0.25, 0.3) is 0 Å². The monoisotopic (exact) mass is 329 g/mol. The molecule has 3 rings (SSSR count). The predicted molar refractivity (Wildman–Crippen MR) is 91.1 cm³/mol. The summed E-state index contributed by atoms with van der Waals surface area (Å²) >= 11 is 0. The van der Waals surface area contributed by atoms with E-state index in [1.807, 2.05) is 35.1 Å². The Morgan fingerprint density at radius 3 is 2.92 bits per heavy atom. The first-order valence-electron chi connectivity index (χ1n) is 8.30. The Bertz CT molecular complexity index is 660. The number of rotatable bonds is 6. The molecule has 6 nitrogen and oxygen atoms in total. The zero-order chi connectivity index (χ0) is 16.8. The molecule has 1 aliphatic heterocycles. The zero-order valence-electron chi connectivity index (χ0n) is 13.9. The highest BCUT2D eigenvalue weighted by molar-refractivity contribution is 5.91. The van der Waals surface area contributed by atoms with Crippen molar-refractivity contribution in [1.29, 1.82) is 0 Å². The lowest BCUT2D eigenvalue weighted by molar-refractivity contribution is -0.115. The topological polar surface area (TPSA) is 65.4 Å². The van der Waals surface area contributed by atoms with E-state index in [0.29, 0.717) is 12.1 Å². The number of methoxy groups -OCH3 is 1. The lowest BCUT2D eigenvalue weighted by atomic mass is 10.1. The van der Waals surface area contributed by atoms with Crippen molar-refractivity contribution in [1.82, 2.24) is 9.78 Å². The van der Waals surface area contributed by atoms with Gasteiger partial charge >= 0.3 is 0 Å². The third-order valence-electron chi connectivity index (χ3n) is 4.11. The largest absolute Gasteiger partial charge is 0.497 e. The van der Waals surface area contributed by atoms with E-state index >= 15 is 0 Å². The Hall–Kier alpha value is -2.34. The molecule has 1 unspecified atom stereocenters. The summed E-state index contributed by atoms with van der Waals surface area (Å²) in [5, 5.41) is 7.18. The number of ether oxygens (including phenoxy) is 2. The minimum absolute atomic E-state index is 0.0615. The minimum Gasteiger partial charge on any atom is -0.497 e. The molecule has 1 aromatic heterocycles. The molecule has 0 spiro atoms. The van der Waals surface area contributed by atoms with Crippen molar-refractivity contribution in [3.63, 3.8) is 0 Å². The zero-order valence-corrected chi connectivity index (χ0v) is 13.9. The molecule has 0 saturated carbocycles. The van der Waals surface area contributed by atoms with Gasteiger partial charge in [-0.15, -0.1) is 0 Å². The second-order valence-electron chi connectivity index (χ2n) is 6.01. The van der Waals surface area contributed by atoms with Crippen LogP contribution in [0.4, 0.5) is 5.69 Å². The van der Waals surface area contributed by atoms with E-state index in [1.54, 1.807) is 13.3 Å². The molecule has 1 aliphatic rings. The van der Waals surface area contributed by atoms with E-state index in [2.05, 4.69) is 10.4 Å². The van der Waals surface area contributed by atoms with Gasteiger partial charge in [0.2, 0.25) is 5.91 Å².